The summed E-state index contributed by atoms with van der Waals surface area (Å²) in [6.07, 6.45) is 4.06. The van der Waals surface area contributed by atoms with Crippen molar-refractivity contribution >= 4 is 0 Å². The maximum atomic E-state index is 5.99. The van der Waals surface area contributed by atoms with E-state index in [0.29, 0.717) is 6.04 Å². The van der Waals surface area contributed by atoms with Crippen LogP contribution in [0, 0.1) is 5.92 Å². The Morgan fingerprint density at radius 1 is 1.18 bits per heavy atom. The van der Waals surface area contributed by atoms with Crippen LogP contribution in [0.15, 0.2) is 30.3 Å². The van der Waals surface area contributed by atoms with Gasteiger partial charge in [0.15, 0.2) is 0 Å². The second-order valence-corrected chi connectivity index (χ2v) is 5.46. The first-order chi connectivity index (χ1) is 8.40. The van der Waals surface area contributed by atoms with E-state index in [-0.39, 0.29) is 0 Å². The van der Waals surface area contributed by atoms with Gasteiger partial charge >= 0.3 is 0 Å². The first kappa shape index (κ1) is 11.2. The van der Waals surface area contributed by atoms with Crippen LogP contribution < -0.4 is 5.73 Å². The predicted octanol–water partition coefficient (Wildman–Crippen LogP) is 2.21. The summed E-state index contributed by atoms with van der Waals surface area (Å²) in [5, 5.41) is 0. The van der Waals surface area contributed by atoms with Crippen LogP contribution in [0.4, 0.5) is 0 Å². The highest BCUT2D eigenvalue weighted by Gasteiger charge is 2.45. The molecule has 1 saturated carbocycles. The zero-order valence-corrected chi connectivity index (χ0v) is 10.4. The van der Waals surface area contributed by atoms with Gasteiger partial charge in [-0.1, -0.05) is 30.3 Å². The van der Waals surface area contributed by atoms with Gasteiger partial charge in [0.1, 0.15) is 0 Å². The molecule has 0 radical (unpaired) electrons. The van der Waals surface area contributed by atoms with E-state index in [0.717, 1.165) is 18.4 Å². The fourth-order valence-electron chi connectivity index (χ4n) is 3.39. The minimum absolute atomic E-state index is 0.628. The smallest absolute Gasteiger partial charge is 0.0252 e. The number of rotatable bonds is 4. The van der Waals surface area contributed by atoms with Crippen LogP contribution in [0.2, 0.25) is 0 Å². The van der Waals surface area contributed by atoms with Gasteiger partial charge in [-0.25, -0.2) is 0 Å². The Balaban J connectivity index is 1.66. The highest BCUT2D eigenvalue weighted by atomic mass is 15.2. The molecule has 1 aliphatic heterocycles. The third-order valence-corrected chi connectivity index (χ3v) is 4.41. The van der Waals surface area contributed by atoms with Crippen LogP contribution in [-0.4, -0.2) is 30.6 Å². The Morgan fingerprint density at radius 2 is 1.88 bits per heavy atom. The normalized spacial score (nSPS) is 30.4. The Hall–Kier alpha value is -0.860. The molecule has 92 valence electrons. The van der Waals surface area contributed by atoms with Gasteiger partial charge in [0.2, 0.25) is 0 Å². The minimum Gasteiger partial charge on any atom is -0.329 e. The minimum atomic E-state index is 0.628. The lowest BCUT2D eigenvalue weighted by atomic mass is 10.0. The summed E-state index contributed by atoms with van der Waals surface area (Å²) in [6, 6.07) is 11.6. The maximum absolute atomic E-state index is 5.99. The van der Waals surface area contributed by atoms with Crippen LogP contribution in [0.25, 0.3) is 0 Å². The van der Waals surface area contributed by atoms with Crippen LogP contribution >= 0.6 is 0 Å². The van der Waals surface area contributed by atoms with Crippen molar-refractivity contribution in [3.8, 4) is 0 Å². The molecule has 1 saturated heterocycles. The van der Waals surface area contributed by atoms with E-state index in [4.69, 9.17) is 5.73 Å². The lowest BCUT2D eigenvalue weighted by Crippen LogP contribution is -2.40. The zero-order valence-electron chi connectivity index (χ0n) is 10.4. The number of hydrogen-bond donors (Lipinski definition) is 1. The quantitative estimate of drug-likeness (QED) is 0.859. The van der Waals surface area contributed by atoms with E-state index in [1.807, 2.05) is 0 Å². The van der Waals surface area contributed by atoms with E-state index >= 15 is 0 Å². The van der Waals surface area contributed by atoms with Gasteiger partial charge in [0.25, 0.3) is 0 Å². The highest BCUT2D eigenvalue weighted by molar-refractivity contribution is 5.26. The van der Waals surface area contributed by atoms with Crippen molar-refractivity contribution in [2.45, 2.75) is 31.2 Å². The number of benzene rings is 1. The zero-order chi connectivity index (χ0) is 11.7. The fourth-order valence-corrected chi connectivity index (χ4v) is 3.39. The number of hydrogen-bond acceptors (Lipinski definition) is 2. The van der Waals surface area contributed by atoms with Gasteiger partial charge < -0.3 is 5.73 Å². The molecule has 2 heteroatoms. The molecule has 2 aliphatic rings. The second-order valence-electron chi connectivity index (χ2n) is 5.46. The third-order valence-electron chi connectivity index (χ3n) is 4.41. The van der Waals surface area contributed by atoms with Gasteiger partial charge in [0.05, 0.1) is 0 Å². The van der Waals surface area contributed by atoms with Crippen molar-refractivity contribution in [3.05, 3.63) is 35.9 Å². The van der Waals surface area contributed by atoms with Crippen molar-refractivity contribution in [3.63, 3.8) is 0 Å². The van der Waals surface area contributed by atoms with Crippen LogP contribution in [0.1, 0.15) is 30.7 Å². The molecule has 2 nitrogen and oxygen atoms in total. The topological polar surface area (TPSA) is 29.3 Å². The van der Waals surface area contributed by atoms with E-state index < -0.39 is 0 Å². The standard InChI is InChI=1S/C15H22N2/c16-11-15(17-8-4-5-9-17)14-10-13(14)12-6-2-1-3-7-12/h1-3,6-7,13-15H,4-5,8-11,16H2. The van der Waals surface area contributed by atoms with Gasteiger partial charge in [-0.05, 0) is 49.8 Å². The largest absolute Gasteiger partial charge is 0.329 e. The summed E-state index contributed by atoms with van der Waals surface area (Å²) < 4.78 is 0. The number of nitrogens with zero attached hydrogens (tertiary/aromatic N) is 1. The van der Waals surface area contributed by atoms with Crippen LogP contribution in [-0.2, 0) is 0 Å². The fraction of sp³-hybridized carbons (Fsp3) is 0.600. The van der Waals surface area contributed by atoms with Gasteiger partial charge in [-0.15, -0.1) is 0 Å². The van der Waals surface area contributed by atoms with E-state index in [2.05, 4.69) is 35.2 Å². The summed E-state index contributed by atoms with van der Waals surface area (Å²) in [5.41, 5.74) is 7.50. The molecule has 2 N–H and O–H groups in total. The van der Waals surface area contributed by atoms with Gasteiger partial charge in [-0.3, -0.25) is 4.90 Å². The molecule has 3 atom stereocenters. The Morgan fingerprint density at radius 3 is 2.53 bits per heavy atom. The number of nitrogens with two attached hydrogens (primary N) is 1. The highest BCUT2D eigenvalue weighted by Crippen LogP contribution is 2.50. The molecular formula is C15H22N2. The van der Waals surface area contributed by atoms with Crippen LogP contribution in [0.5, 0.6) is 0 Å². The van der Waals surface area contributed by atoms with Crippen LogP contribution in [0.3, 0.4) is 0 Å². The predicted molar refractivity (Wildman–Crippen MR) is 70.9 cm³/mol. The Bertz CT molecular complexity index is 356. The summed E-state index contributed by atoms with van der Waals surface area (Å²) in [5.74, 6) is 1.57. The molecule has 0 aromatic heterocycles. The molecule has 1 heterocycles. The van der Waals surface area contributed by atoms with Crippen molar-refractivity contribution in [1.29, 1.82) is 0 Å². The van der Waals surface area contributed by atoms with E-state index in [1.54, 1.807) is 0 Å². The lowest BCUT2D eigenvalue weighted by molar-refractivity contribution is 0.221. The third kappa shape index (κ3) is 2.24. The first-order valence-corrected chi connectivity index (χ1v) is 6.89. The summed E-state index contributed by atoms with van der Waals surface area (Å²) >= 11 is 0. The molecule has 0 bridgehead atoms. The average molecular weight is 230 g/mol. The molecule has 2 fully saturated rings. The van der Waals surface area contributed by atoms with E-state index in [1.165, 1.54) is 37.9 Å². The average Bonchev–Trinajstić information content (AvgIpc) is 2.97. The maximum Gasteiger partial charge on any atom is 0.0252 e. The molecule has 17 heavy (non-hydrogen) atoms. The molecule has 1 aromatic rings. The monoisotopic (exact) mass is 230 g/mol. The Kier molecular flexibility index (Phi) is 3.17. The summed E-state index contributed by atoms with van der Waals surface area (Å²) in [6.45, 7) is 3.35. The molecule has 1 aliphatic carbocycles. The first-order valence-electron chi connectivity index (χ1n) is 6.89. The van der Waals surface area contributed by atoms with Gasteiger partial charge in [0, 0.05) is 12.6 Å². The molecule has 1 aromatic carbocycles. The number of likely N-dealkylation sites (tertiary alicyclic amines) is 1. The molecule has 0 spiro atoms. The Labute approximate surface area is 104 Å². The van der Waals surface area contributed by atoms with Crippen molar-refractivity contribution in [2.24, 2.45) is 11.7 Å². The van der Waals surface area contributed by atoms with Crippen molar-refractivity contribution in [1.82, 2.24) is 4.90 Å². The lowest BCUT2D eigenvalue weighted by Gasteiger charge is -2.26. The van der Waals surface area contributed by atoms with Crippen molar-refractivity contribution in [2.75, 3.05) is 19.6 Å². The van der Waals surface area contributed by atoms with Gasteiger partial charge in [-0.2, -0.15) is 0 Å². The molecular weight excluding hydrogens is 208 g/mol. The second kappa shape index (κ2) is 4.79. The molecule has 0 amide bonds. The van der Waals surface area contributed by atoms with Crippen molar-refractivity contribution < 1.29 is 0 Å². The molecule has 3 unspecified atom stereocenters. The van der Waals surface area contributed by atoms with E-state index in [9.17, 15) is 0 Å². The SMILES string of the molecule is NCC(C1CC1c1ccccc1)N1CCCC1. The summed E-state index contributed by atoms with van der Waals surface area (Å²) in [4.78, 5) is 2.62. The summed E-state index contributed by atoms with van der Waals surface area (Å²) in [7, 11) is 0. The molecule has 3 rings (SSSR count).